The van der Waals surface area contributed by atoms with Crippen molar-refractivity contribution in [1.82, 2.24) is 0 Å². The molecule has 1 atom stereocenters. The van der Waals surface area contributed by atoms with Crippen LogP contribution in [0.25, 0.3) is 0 Å². The van der Waals surface area contributed by atoms with Crippen LogP contribution in [0.5, 0.6) is 0 Å². The molecule has 0 radical (unpaired) electrons. The van der Waals surface area contributed by atoms with E-state index in [1.165, 1.54) is 5.56 Å². The Morgan fingerprint density at radius 3 is 2.33 bits per heavy atom. The van der Waals surface area contributed by atoms with Gasteiger partial charge in [-0.25, -0.2) is 0 Å². The van der Waals surface area contributed by atoms with Crippen molar-refractivity contribution in [3.63, 3.8) is 0 Å². The van der Waals surface area contributed by atoms with Gasteiger partial charge in [-0.1, -0.05) is 68.8 Å². The van der Waals surface area contributed by atoms with Crippen LogP contribution in [0.2, 0.25) is 5.02 Å². The van der Waals surface area contributed by atoms with Gasteiger partial charge in [-0.3, -0.25) is 0 Å². The lowest BCUT2D eigenvalue weighted by atomic mass is 9.85. The molecular weight excluding hydrogens is 346 g/mol. The van der Waals surface area contributed by atoms with Crippen molar-refractivity contribution < 1.29 is 0 Å². The molecule has 0 aliphatic carbocycles. The largest absolute Gasteiger partial charge is 0.377 e. The van der Waals surface area contributed by atoms with Gasteiger partial charge in [-0.2, -0.15) is 0 Å². The lowest BCUT2D eigenvalue weighted by Crippen LogP contribution is -2.18. The first-order valence-electron chi connectivity index (χ1n) is 7.12. The van der Waals surface area contributed by atoms with Crippen LogP contribution >= 0.6 is 27.5 Å². The highest BCUT2D eigenvalue weighted by Gasteiger charge is 2.21. The van der Waals surface area contributed by atoms with Crippen LogP contribution in [0, 0.1) is 5.41 Å². The molecule has 112 valence electrons. The summed E-state index contributed by atoms with van der Waals surface area (Å²) in [6.45, 7) is 6.78. The summed E-state index contributed by atoms with van der Waals surface area (Å²) >= 11 is 9.76. The minimum Gasteiger partial charge on any atom is -0.377 e. The average Bonchev–Trinajstić information content (AvgIpc) is 2.42. The Kier molecular flexibility index (Phi) is 5.34. The van der Waals surface area contributed by atoms with Crippen molar-refractivity contribution in [3.05, 3.63) is 63.6 Å². The van der Waals surface area contributed by atoms with E-state index in [4.69, 9.17) is 11.6 Å². The molecule has 1 unspecified atom stereocenters. The molecule has 2 aromatic rings. The predicted octanol–water partition coefficient (Wildman–Crippen LogP) is 6.69. The fourth-order valence-corrected chi connectivity index (χ4v) is 2.91. The first-order chi connectivity index (χ1) is 9.87. The van der Waals surface area contributed by atoms with Crippen molar-refractivity contribution in [2.24, 2.45) is 5.41 Å². The second-order valence-corrected chi connectivity index (χ2v) is 7.67. The van der Waals surface area contributed by atoms with E-state index in [1.807, 2.05) is 18.2 Å². The van der Waals surface area contributed by atoms with E-state index in [9.17, 15) is 0 Å². The highest BCUT2D eigenvalue weighted by molar-refractivity contribution is 9.10. The summed E-state index contributed by atoms with van der Waals surface area (Å²) in [5.41, 5.74) is 2.55. The molecule has 0 spiro atoms. The summed E-state index contributed by atoms with van der Waals surface area (Å²) in [7, 11) is 0. The minimum atomic E-state index is 0.235. The van der Waals surface area contributed by atoms with Crippen LogP contribution in [0.3, 0.4) is 0 Å². The zero-order valence-electron chi connectivity index (χ0n) is 12.7. The fraction of sp³-hybridized carbons (Fsp3) is 0.333. The molecule has 0 heterocycles. The Hall–Kier alpha value is -0.990. The third-order valence-corrected chi connectivity index (χ3v) is 4.70. The van der Waals surface area contributed by atoms with Crippen molar-refractivity contribution in [3.8, 4) is 0 Å². The number of benzene rings is 2. The van der Waals surface area contributed by atoms with Crippen LogP contribution in [0.1, 0.15) is 38.8 Å². The number of hydrogen-bond acceptors (Lipinski definition) is 1. The van der Waals surface area contributed by atoms with Crippen LogP contribution in [0.15, 0.2) is 53.0 Å². The zero-order valence-corrected chi connectivity index (χ0v) is 15.0. The summed E-state index contributed by atoms with van der Waals surface area (Å²) in [6.07, 6.45) is 1.04. The standard InChI is InChI=1S/C18H21BrClN/c1-18(2,3)12-16(13-8-5-4-6-9-13)21-15-11-7-10-14(20)17(15)19/h4-11,16,21H,12H2,1-3H3. The Bertz CT molecular complexity index is 590. The van der Waals surface area contributed by atoms with Crippen molar-refractivity contribution in [1.29, 1.82) is 0 Å². The molecule has 1 N–H and O–H groups in total. The van der Waals surface area contributed by atoms with Gasteiger partial charge in [-0.05, 0) is 45.5 Å². The molecule has 0 saturated carbocycles. The van der Waals surface area contributed by atoms with Gasteiger partial charge in [0.05, 0.1) is 21.2 Å². The Labute approximate surface area is 140 Å². The van der Waals surface area contributed by atoms with E-state index >= 15 is 0 Å². The molecule has 0 fully saturated rings. The normalized spacial score (nSPS) is 13.0. The lowest BCUT2D eigenvalue weighted by Gasteiger charge is -2.28. The van der Waals surface area contributed by atoms with E-state index in [0.29, 0.717) is 0 Å². The maximum Gasteiger partial charge on any atom is 0.0593 e. The quantitative estimate of drug-likeness (QED) is 0.635. The Balaban J connectivity index is 2.30. The van der Waals surface area contributed by atoms with E-state index in [0.717, 1.165) is 21.6 Å². The molecule has 1 nitrogen and oxygen atoms in total. The molecule has 3 heteroatoms. The van der Waals surface area contributed by atoms with Crippen LogP contribution < -0.4 is 5.32 Å². The van der Waals surface area contributed by atoms with Gasteiger partial charge in [0, 0.05) is 0 Å². The number of halogens is 2. The minimum absolute atomic E-state index is 0.235. The van der Waals surface area contributed by atoms with Gasteiger partial charge in [0.2, 0.25) is 0 Å². The van der Waals surface area contributed by atoms with Gasteiger partial charge in [0.15, 0.2) is 0 Å². The van der Waals surface area contributed by atoms with Gasteiger partial charge in [-0.15, -0.1) is 0 Å². The maximum atomic E-state index is 6.19. The molecular formula is C18H21BrClN. The third kappa shape index (κ3) is 4.76. The molecule has 21 heavy (non-hydrogen) atoms. The zero-order chi connectivity index (χ0) is 15.5. The van der Waals surface area contributed by atoms with Gasteiger partial charge >= 0.3 is 0 Å². The predicted molar refractivity (Wildman–Crippen MR) is 96.0 cm³/mol. The monoisotopic (exact) mass is 365 g/mol. The van der Waals surface area contributed by atoms with Gasteiger partial charge < -0.3 is 5.32 Å². The molecule has 0 bridgehead atoms. The van der Waals surface area contributed by atoms with Crippen molar-refractivity contribution in [2.45, 2.75) is 33.2 Å². The second kappa shape index (κ2) is 6.85. The molecule has 2 aromatic carbocycles. The van der Waals surface area contributed by atoms with E-state index in [-0.39, 0.29) is 11.5 Å². The molecule has 0 aliphatic rings. The molecule has 0 aliphatic heterocycles. The van der Waals surface area contributed by atoms with E-state index in [1.54, 1.807) is 0 Å². The summed E-state index contributed by atoms with van der Waals surface area (Å²) < 4.78 is 0.918. The highest BCUT2D eigenvalue weighted by Crippen LogP contribution is 2.36. The summed E-state index contributed by atoms with van der Waals surface area (Å²) in [4.78, 5) is 0. The SMILES string of the molecule is CC(C)(C)CC(Nc1cccc(Cl)c1Br)c1ccccc1. The molecule has 0 amide bonds. The van der Waals surface area contributed by atoms with Gasteiger partial charge in [0.1, 0.15) is 0 Å². The fourth-order valence-electron chi connectivity index (χ4n) is 2.35. The van der Waals surface area contributed by atoms with Crippen LogP contribution in [-0.2, 0) is 0 Å². The summed E-state index contributed by atoms with van der Waals surface area (Å²) in [5.74, 6) is 0. The summed E-state index contributed by atoms with van der Waals surface area (Å²) in [5, 5.41) is 4.35. The van der Waals surface area contributed by atoms with E-state index < -0.39 is 0 Å². The third-order valence-electron chi connectivity index (χ3n) is 3.30. The number of rotatable bonds is 4. The summed E-state index contributed by atoms with van der Waals surface area (Å²) in [6, 6.07) is 16.7. The maximum absolute atomic E-state index is 6.19. The molecule has 2 rings (SSSR count). The van der Waals surface area contributed by atoms with Crippen molar-refractivity contribution in [2.75, 3.05) is 5.32 Å². The van der Waals surface area contributed by atoms with Crippen LogP contribution in [0.4, 0.5) is 5.69 Å². The number of anilines is 1. The van der Waals surface area contributed by atoms with Crippen molar-refractivity contribution >= 4 is 33.2 Å². The first kappa shape index (κ1) is 16.4. The Morgan fingerprint density at radius 2 is 1.71 bits per heavy atom. The second-order valence-electron chi connectivity index (χ2n) is 6.47. The highest BCUT2D eigenvalue weighted by atomic mass is 79.9. The average molecular weight is 367 g/mol. The molecule has 0 aromatic heterocycles. The van der Waals surface area contributed by atoms with Gasteiger partial charge in [0.25, 0.3) is 0 Å². The number of hydrogen-bond donors (Lipinski definition) is 1. The first-order valence-corrected chi connectivity index (χ1v) is 8.29. The smallest absolute Gasteiger partial charge is 0.0593 e. The number of nitrogens with one attached hydrogen (secondary N) is 1. The molecule has 0 saturated heterocycles. The van der Waals surface area contributed by atoms with Crippen LogP contribution in [-0.4, -0.2) is 0 Å². The Morgan fingerprint density at radius 1 is 1.05 bits per heavy atom. The lowest BCUT2D eigenvalue weighted by molar-refractivity contribution is 0.352. The van der Waals surface area contributed by atoms with E-state index in [2.05, 4.69) is 72.3 Å². The topological polar surface area (TPSA) is 12.0 Å².